The number of aldehydes is 3. The minimum absolute atomic E-state index is 0.0422. The molecule has 0 bridgehead atoms. The molecule has 0 spiro atoms. The zero-order valence-electron chi connectivity index (χ0n) is 47.3. The molecule has 2 aliphatic rings. The second kappa shape index (κ2) is 31.0. The van der Waals surface area contributed by atoms with E-state index in [2.05, 4.69) is 29.5 Å². The summed E-state index contributed by atoms with van der Waals surface area (Å²) < 4.78 is 141. The van der Waals surface area contributed by atoms with Gasteiger partial charge in [-0.15, -0.1) is 0 Å². The normalized spacial score (nSPS) is 11.9. The van der Waals surface area contributed by atoms with E-state index in [0.717, 1.165) is 66.2 Å². The van der Waals surface area contributed by atoms with Crippen LogP contribution in [0.4, 0.5) is 22.0 Å². The molecule has 0 aliphatic heterocycles. The molecule has 0 saturated heterocycles. The fourth-order valence-corrected chi connectivity index (χ4v) is 12.8. The van der Waals surface area contributed by atoms with E-state index in [-0.39, 0.29) is 49.2 Å². The molecular formula is C67H54ClF5IN3O9S3. The molecule has 0 N–H and O–H groups in total. The summed E-state index contributed by atoms with van der Waals surface area (Å²) >= 11 is 2.29. The number of fused-ring (bicyclic) bond motifs is 5. The van der Waals surface area contributed by atoms with E-state index in [9.17, 15) is 61.6 Å². The Morgan fingerprint density at radius 3 is 1.45 bits per heavy atom. The van der Waals surface area contributed by atoms with Gasteiger partial charge in [-0.3, -0.25) is 14.4 Å². The van der Waals surface area contributed by atoms with Gasteiger partial charge >= 0.3 is 0 Å². The van der Waals surface area contributed by atoms with Crippen LogP contribution in [-0.4, -0.2) is 61.1 Å². The van der Waals surface area contributed by atoms with E-state index < -0.39 is 34.9 Å². The van der Waals surface area contributed by atoms with Crippen LogP contribution in [0, 0.1) is 29.1 Å². The number of aryl methyl sites for hydroxylation is 1. The number of benzene rings is 8. The Balaban J connectivity index is 0.000000154. The van der Waals surface area contributed by atoms with Crippen molar-refractivity contribution < 1.29 is 61.6 Å². The van der Waals surface area contributed by atoms with Gasteiger partial charge in [-0.1, -0.05) is 108 Å². The molecule has 0 fully saturated rings. The van der Waals surface area contributed by atoms with Crippen LogP contribution < -0.4 is 0 Å². The molecule has 12 nitrogen and oxygen atoms in total. The Labute approximate surface area is 529 Å². The molecule has 22 heteroatoms. The van der Waals surface area contributed by atoms with Crippen LogP contribution in [0.2, 0.25) is 0 Å². The molecule has 11 aromatic rings. The summed E-state index contributed by atoms with van der Waals surface area (Å²) in [5, 5.41) is 1.69. The Morgan fingerprint density at radius 2 is 0.933 bits per heavy atom. The largest absolute Gasteiger partial charge is 0.339 e. The standard InChI is InChI=1S/C15H10FNO3S.C14H10FNO2S.C11H10FNO.C10H7FO.C9H7F.C6H5ClO2S.C2H5I/c16-12-6-7-15-11(8-12)9-13(10-18)17(15)21(19,20)14-4-2-1-3-5-14;15-12-6-7-14-11(10-12)8-9-16(14)19(17,18)13-4-2-1-3-5-13;1-2-13-10(7-14)6-8-5-9(12)3-4-11(8)13;11-10-2-1-8-3-7(6-12)4-9(8)5-10;10-9-5-4-7-2-1-3-8(7)6-9;7-10(8,9)6-4-2-1-3-5-6;1-2-3/h1-10H;1-10H;3-7H,2H2,1H3;1-2,4-6H,3H2;1,3-6H,2H2;1-5H;2H2,1H3. The fourth-order valence-electron chi connectivity index (χ4n) is 9.16. The van der Waals surface area contributed by atoms with Gasteiger partial charge in [-0.2, -0.15) is 0 Å². The highest BCUT2D eigenvalue weighted by Crippen LogP contribution is 2.28. The van der Waals surface area contributed by atoms with Gasteiger partial charge in [0.2, 0.25) is 0 Å². The number of rotatable bonds is 9. The minimum Gasteiger partial charge on any atom is -0.339 e. The Morgan fingerprint density at radius 1 is 0.483 bits per heavy atom. The number of hydrogen-bond donors (Lipinski definition) is 0. The summed E-state index contributed by atoms with van der Waals surface area (Å²) in [6.45, 7) is 4.78. The van der Waals surface area contributed by atoms with Crippen molar-refractivity contribution in [2.75, 3.05) is 4.43 Å². The zero-order valence-corrected chi connectivity index (χ0v) is 52.7. The van der Waals surface area contributed by atoms with Gasteiger partial charge in [0.25, 0.3) is 29.1 Å². The van der Waals surface area contributed by atoms with Crippen LogP contribution in [0.1, 0.15) is 57.1 Å². The summed E-state index contributed by atoms with van der Waals surface area (Å²) in [4.78, 5) is 32.7. The van der Waals surface area contributed by atoms with E-state index in [4.69, 9.17) is 10.7 Å². The summed E-state index contributed by atoms with van der Waals surface area (Å²) in [7, 11) is -6.06. The van der Waals surface area contributed by atoms with Crippen LogP contribution in [-0.2, 0) is 53.3 Å². The molecule has 8 aromatic carbocycles. The van der Waals surface area contributed by atoms with E-state index in [1.54, 1.807) is 91.0 Å². The summed E-state index contributed by atoms with van der Waals surface area (Å²) in [5.74, 6) is -1.55. The fraction of sp³-hybridized carbons (Fsp3) is 0.0896. The maximum Gasteiger partial charge on any atom is 0.268 e. The van der Waals surface area contributed by atoms with Gasteiger partial charge in [0, 0.05) is 51.5 Å². The van der Waals surface area contributed by atoms with E-state index >= 15 is 0 Å². The lowest BCUT2D eigenvalue weighted by Crippen LogP contribution is -2.15. The van der Waals surface area contributed by atoms with Gasteiger partial charge in [0.05, 0.1) is 37.1 Å². The molecule has 3 heterocycles. The van der Waals surface area contributed by atoms with Gasteiger partial charge in [-0.05, 0) is 185 Å². The number of nitrogens with zero attached hydrogens (tertiary/aromatic N) is 3. The average molecular weight is 1400 g/mol. The monoisotopic (exact) mass is 1400 g/mol. The van der Waals surface area contributed by atoms with Crippen LogP contribution >= 0.6 is 33.3 Å². The second-order valence-electron chi connectivity index (χ2n) is 19.1. The van der Waals surface area contributed by atoms with Crippen LogP contribution in [0.3, 0.4) is 0 Å². The molecule has 458 valence electrons. The lowest BCUT2D eigenvalue weighted by atomic mass is 10.1. The Hall–Kier alpha value is -8.61. The third-order valence-corrected chi connectivity index (χ3v) is 18.0. The molecular weight excluding hydrogens is 1340 g/mol. The highest BCUT2D eigenvalue weighted by Gasteiger charge is 2.23. The van der Waals surface area contributed by atoms with E-state index in [1.165, 1.54) is 119 Å². The van der Waals surface area contributed by atoms with Crippen molar-refractivity contribution in [3.05, 3.63) is 281 Å². The van der Waals surface area contributed by atoms with Crippen molar-refractivity contribution in [1.29, 1.82) is 0 Å². The minimum atomic E-state index is -3.91. The Kier molecular flexibility index (Phi) is 23.7. The van der Waals surface area contributed by atoms with Crippen molar-refractivity contribution in [3.63, 3.8) is 0 Å². The first kappa shape index (κ1) is 67.9. The van der Waals surface area contributed by atoms with Gasteiger partial charge in [0.15, 0.2) is 12.6 Å². The molecule has 0 atom stereocenters. The van der Waals surface area contributed by atoms with Gasteiger partial charge in [-0.25, -0.2) is 55.2 Å². The summed E-state index contributed by atoms with van der Waals surface area (Å²) in [5.41, 5.74) is 7.00. The predicted octanol–water partition coefficient (Wildman–Crippen LogP) is 15.9. The number of alkyl halides is 1. The topological polar surface area (TPSA) is 168 Å². The number of allylic oxidation sites excluding steroid dienone is 2. The molecule has 0 unspecified atom stereocenters. The molecule has 13 rings (SSSR count). The Bertz CT molecular complexity index is 4740. The van der Waals surface area contributed by atoms with Crippen LogP contribution in [0.15, 0.2) is 233 Å². The predicted molar refractivity (Wildman–Crippen MR) is 348 cm³/mol. The third kappa shape index (κ3) is 17.4. The van der Waals surface area contributed by atoms with E-state index in [0.29, 0.717) is 41.2 Å². The first-order valence-electron chi connectivity index (χ1n) is 26.9. The smallest absolute Gasteiger partial charge is 0.268 e. The van der Waals surface area contributed by atoms with Crippen LogP contribution in [0.5, 0.6) is 0 Å². The maximum absolute atomic E-state index is 13.3. The number of carbonyl (C=O) groups is 3. The lowest BCUT2D eigenvalue weighted by molar-refractivity contribution is -0.104. The third-order valence-electron chi connectivity index (χ3n) is 13.2. The lowest BCUT2D eigenvalue weighted by Gasteiger charge is -2.09. The number of carbonyl (C=O) groups excluding carboxylic acids is 3. The molecule has 2 aliphatic carbocycles. The number of hydrogen-bond acceptors (Lipinski definition) is 9. The summed E-state index contributed by atoms with van der Waals surface area (Å²) in [6, 6.07) is 50.2. The average Bonchev–Trinajstić information content (AvgIpc) is 1.97. The molecule has 0 saturated carbocycles. The zero-order chi connectivity index (χ0) is 64.5. The molecule has 3 aromatic heterocycles. The van der Waals surface area contributed by atoms with Crippen molar-refractivity contribution in [2.45, 2.75) is 47.9 Å². The first-order chi connectivity index (χ1) is 42.6. The van der Waals surface area contributed by atoms with Gasteiger partial charge in [0.1, 0.15) is 35.4 Å². The molecule has 89 heavy (non-hydrogen) atoms. The quantitative estimate of drug-likeness (QED) is 0.0449. The SMILES string of the molecule is CCI.CCn1c(C=O)cc2cc(F)ccc21.Fc1ccc2c(c1)C=CC2.O=CC1=Cc2cc(F)ccc2C1.O=Cc1cc2cc(F)ccc2n1S(=O)(=O)c1ccccc1.O=S(=O)(Cl)c1ccccc1.O=S(=O)(c1ccccc1)n1ccc2cc(F)ccc21. The molecule has 0 radical (unpaired) electrons. The summed E-state index contributed by atoms with van der Waals surface area (Å²) in [6.07, 6.45) is 10.8. The maximum atomic E-state index is 13.3. The van der Waals surface area contributed by atoms with Crippen molar-refractivity contribution >= 4 is 126 Å². The van der Waals surface area contributed by atoms with Crippen molar-refractivity contribution in [1.82, 2.24) is 12.5 Å². The number of aromatic nitrogens is 3. The first-order valence-corrected chi connectivity index (χ1v) is 33.6. The van der Waals surface area contributed by atoms with Gasteiger partial charge < -0.3 is 4.57 Å². The van der Waals surface area contributed by atoms with Crippen molar-refractivity contribution in [3.8, 4) is 0 Å². The van der Waals surface area contributed by atoms with E-state index in [1.807, 2.05) is 29.7 Å². The molecule has 0 amide bonds. The highest BCUT2D eigenvalue weighted by molar-refractivity contribution is 14.1. The van der Waals surface area contributed by atoms with Crippen molar-refractivity contribution in [2.24, 2.45) is 0 Å². The second-order valence-corrected chi connectivity index (χ2v) is 26.8. The number of halogens is 7. The van der Waals surface area contributed by atoms with Crippen LogP contribution in [0.25, 0.3) is 44.9 Å². The highest BCUT2D eigenvalue weighted by atomic mass is 127.